The topological polar surface area (TPSA) is 83.0 Å². The molecule has 0 bridgehead atoms. The third-order valence-electron chi connectivity index (χ3n) is 4.87. The molecule has 0 spiro atoms. The van der Waals surface area contributed by atoms with Crippen molar-refractivity contribution >= 4 is 17.5 Å². The highest BCUT2D eigenvalue weighted by atomic mass is 19.4. The summed E-state index contributed by atoms with van der Waals surface area (Å²) in [6, 6.07) is 7.16. The van der Waals surface area contributed by atoms with Gasteiger partial charge in [-0.15, -0.1) is 0 Å². The first kappa shape index (κ1) is 21.9. The highest BCUT2D eigenvalue weighted by Crippen LogP contribution is 2.33. The van der Waals surface area contributed by atoms with Gasteiger partial charge in [-0.05, 0) is 38.7 Å². The summed E-state index contributed by atoms with van der Waals surface area (Å²) < 4.78 is 53.4. The summed E-state index contributed by atoms with van der Waals surface area (Å²) in [4.78, 5) is 12.2. The molecule has 3 N–H and O–H groups in total. The number of nitrogens with zero attached hydrogens (tertiary/aromatic N) is 3. The molecule has 6 nitrogen and oxygen atoms in total. The maximum absolute atomic E-state index is 14.5. The van der Waals surface area contributed by atoms with Gasteiger partial charge in [0.2, 0.25) is 11.9 Å². The monoisotopic (exact) mass is 425 g/mol. The van der Waals surface area contributed by atoms with Gasteiger partial charge < -0.3 is 15.7 Å². The van der Waals surface area contributed by atoms with Gasteiger partial charge in [0, 0.05) is 5.57 Å². The molecule has 0 saturated heterocycles. The molecule has 30 heavy (non-hydrogen) atoms. The van der Waals surface area contributed by atoms with E-state index in [0.29, 0.717) is 6.42 Å². The summed E-state index contributed by atoms with van der Waals surface area (Å²) in [6.45, 7) is 2.78. The Kier molecular flexibility index (Phi) is 6.55. The van der Waals surface area contributed by atoms with Crippen LogP contribution in [0.4, 0.5) is 29.5 Å². The van der Waals surface area contributed by atoms with Crippen LogP contribution in [0.3, 0.4) is 0 Å². The third-order valence-corrected chi connectivity index (χ3v) is 4.87. The third kappa shape index (κ3) is 5.24. The van der Waals surface area contributed by atoms with E-state index in [1.165, 1.54) is 0 Å². The van der Waals surface area contributed by atoms with Gasteiger partial charge in [0.05, 0.1) is 6.04 Å². The van der Waals surface area contributed by atoms with E-state index in [9.17, 15) is 22.7 Å². The molecule has 3 rings (SSSR count). The number of aliphatic hydroxyl groups is 1. The Labute approximate surface area is 171 Å². The lowest BCUT2D eigenvalue weighted by Gasteiger charge is -2.21. The molecule has 1 unspecified atom stereocenters. The molecule has 0 radical (unpaired) electrons. The lowest BCUT2D eigenvalue weighted by Crippen LogP contribution is -2.34. The first-order chi connectivity index (χ1) is 14.1. The Morgan fingerprint density at radius 3 is 2.30 bits per heavy atom. The van der Waals surface area contributed by atoms with E-state index in [0.717, 1.165) is 12.5 Å². The van der Waals surface area contributed by atoms with Crippen molar-refractivity contribution in [2.45, 2.75) is 57.5 Å². The molecule has 10 heteroatoms. The first-order valence-electron chi connectivity index (χ1n) is 9.63. The summed E-state index contributed by atoms with van der Waals surface area (Å²) in [5.74, 6) is -1.17. The zero-order valence-corrected chi connectivity index (χ0v) is 16.5. The minimum Gasteiger partial charge on any atom is -0.386 e. The average Bonchev–Trinajstić information content (AvgIpc) is 2.69. The van der Waals surface area contributed by atoms with Crippen LogP contribution in [-0.2, 0) is 0 Å². The number of hydrogen-bond acceptors (Lipinski definition) is 6. The summed E-state index contributed by atoms with van der Waals surface area (Å²) in [7, 11) is 0. The van der Waals surface area contributed by atoms with Crippen molar-refractivity contribution in [3.63, 3.8) is 0 Å². The van der Waals surface area contributed by atoms with Crippen molar-refractivity contribution < 1.29 is 22.7 Å². The summed E-state index contributed by atoms with van der Waals surface area (Å²) in [6.07, 6.45) is -4.72. The normalized spacial score (nSPS) is 19.4. The smallest absolute Gasteiger partial charge is 0.386 e. The quantitative estimate of drug-likeness (QED) is 0.586. The average molecular weight is 425 g/mol. The van der Waals surface area contributed by atoms with Gasteiger partial charge in [-0.1, -0.05) is 30.3 Å². The predicted octanol–water partition coefficient (Wildman–Crippen LogP) is 4.63. The minimum absolute atomic E-state index is 0.00795. The molecule has 1 heterocycles. The van der Waals surface area contributed by atoms with Crippen LogP contribution < -0.4 is 10.6 Å². The van der Waals surface area contributed by atoms with Gasteiger partial charge in [-0.25, -0.2) is 4.39 Å². The molecule has 3 atom stereocenters. The van der Waals surface area contributed by atoms with Crippen molar-refractivity contribution in [3.8, 4) is 0 Å². The molecule has 162 valence electrons. The second kappa shape index (κ2) is 8.95. The Bertz CT molecular complexity index is 904. The number of allylic oxidation sites excluding steroid dienone is 1. The molecule has 2 aromatic rings. The van der Waals surface area contributed by atoms with Crippen molar-refractivity contribution in [1.82, 2.24) is 15.0 Å². The zero-order chi connectivity index (χ0) is 21.9. The summed E-state index contributed by atoms with van der Waals surface area (Å²) in [5.41, 5.74) is 0.991. The van der Waals surface area contributed by atoms with E-state index in [1.807, 2.05) is 37.3 Å². The fourth-order valence-corrected chi connectivity index (χ4v) is 3.07. The molecular weight excluding hydrogens is 402 g/mol. The maximum Gasteiger partial charge on any atom is 0.408 e. The predicted molar refractivity (Wildman–Crippen MR) is 105 cm³/mol. The van der Waals surface area contributed by atoms with Crippen molar-refractivity contribution in [1.29, 1.82) is 0 Å². The minimum atomic E-state index is -4.51. The van der Waals surface area contributed by atoms with Gasteiger partial charge in [-0.3, -0.25) is 0 Å². The highest BCUT2D eigenvalue weighted by molar-refractivity contribution is 5.65. The van der Waals surface area contributed by atoms with E-state index >= 15 is 0 Å². The van der Waals surface area contributed by atoms with Crippen LogP contribution in [0.25, 0.3) is 5.57 Å². The number of halogens is 4. The molecule has 0 aliphatic heterocycles. The zero-order valence-electron chi connectivity index (χ0n) is 16.5. The first-order valence-corrected chi connectivity index (χ1v) is 9.63. The van der Waals surface area contributed by atoms with E-state index in [1.54, 1.807) is 0 Å². The Balaban J connectivity index is 1.97. The number of hydrogen-bond donors (Lipinski definition) is 3. The lowest BCUT2D eigenvalue weighted by molar-refractivity contribution is -0.138. The Morgan fingerprint density at radius 1 is 1.03 bits per heavy atom. The van der Waals surface area contributed by atoms with E-state index < -0.39 is 24.1 Å². The summed E-state index contributed by atoms with van der Waals surface area (Å²) in [5, 5.41) is 15.0. The van der Waals surface area contributed by atoms with Gasteiger partial charge >= 0.3 is 6.18 Å². The Hall–Kier alpha value is -2.75. The summed E-state index contributed by atoms with van der Waals surface area (Å²) >= 11 is 0. The standard InChI is InChI=1S/C20H23F4N5O/c1-11(13-7-4-3-5-8-13)25-18-27-17(14-9-6-10-15(30)16(14)21)28-19(29-18)26-12(2)20(22,23)24/h3-5,7-8,11-12,15,30H,6,9-10H2,1-2H3,(H2,25,26,27,28,29)/t11-,12+,15?/m0/s1. The van der Waals surface area contributed by atoms with Crippen LogP contribution >= 0.6 is 0 Å². The fraction of sp³-hybridized carbons (Fsp3) is 0.450. The van der Waals surface area contributed by atoms with E-state index in [2.05, 4.69) is 25.6 Å². The fourth-order valence-electron chi connectivity index (χ4n) is 3.07. The largest absolute Gasteiger partial charge is 0.408 e. The van der Waals surface area contributed by atoms with Gasteiger partial charge in [0.1, 0.15) is 18.0 Å². The molecule has 0 saturated carbocycles. The molecule has 1 aliphatic carbocycles. The second-order valence-corrected chi connectivity index (χ2v) is 7.23. The highest BCUT2D eigenvalue weighted by Gasteiger charge is 2.36. The van der Waals surface area contributed by atoms with Gasteiger partial charge in [0.25, 0.3) is 0 Å². The van der Waals surface area contributed by atoms with Crippen molar-refractivity contribution in [3.05, 3.63) is 47.5 Å². The van der Waals surface area contributed by atoms with Crippen LogP contribution in [0, 0.1) is 0 Å². The number of alkyl halides is 3. The van der Waals surface area contributed by atoms with Crippen LogP contribution in [0.2, 0.25) is 0 Å². The van der Waals surface area contributed by atoms with Crippen molar-refractivity contribution in [2.75, 3.05) is 10.6 Å². The number of nitrogens with one attached hydrogen (secondary N) is 2. The van der Waals surface area contributed by atoms with Crippen molar-refractivity contribution in [2.24, 2.45) is 0 Å². The number of aromatic nitrogens is 3. The lowest BCUT2D eigenvalue weighted by atomic mass is 9.96. The Morgan fingerprint density at radius 2 is 1.67 bits per heavy atom. The molecule has 1 aromatic carbocycles. The molecule has 0 amide bonds. The number of benzene rings is 1. The van der Waals surface area contributed by atoms with Crippen LogP contribution in [0.5, 0.6) is 0 Å². The molecule has 0 fully saturated rings. The number of anilines is 2. The van der Waals surface area contributed by atoms with Crippen LogP contribution in [-0.4, -0.2) is 38.4 Å². The van der Waals surface area contributed by atoms with Gasteiger partial charge in [0.15, 0.2) is 5.82 Å². The van der Waals surface area contributed by atoms with Crippen LogP contribution in [0.1, 0.15) is 50.5 Å². The van der Waals surface area contributed by atoms with Crippen LogP contribution in [0.15, 0.2) is 36.2 Å². The number of aliphatic hydroxyl groups excluding tert-OH is 1. The van der Waals surface area contributed by atoms with Gasteiger partial charge in [-0.2, -0.15) is 28.1 Å². The van der Waals surface area contributed by atoms with E-state index in [4.69, 9.17) is 0 Å². The second-order valence-electron chi connectivity index (χ2n) is 7.23. The molecule has 1 aliphatic rings. The number of rotatable bonds is 6. The molecule has 1 aromatic heterocycles. The maximum atomic E-state index is 14.5. The molecular formula is C20H23F4N5O. The SMILES string of the molecule is C[C@H](Nc1nc(N[C@H](C)C(F)(F)F)nc(C2=C(F)C(O)CCC2)n1)c1ccccc1. The van der Waals surface area contributed by atoms with E-state index in [-0.39, 0.29) is 42.2 Å².